The Kier molecular flexibility index (Phi) is 6.16. The second-order valence-electron chi connectivity index (χ2n) is 4.15. The Morgan fingerprint density at radius 2 is 2.27 bits per heavy atom. The molecule has 0 aromatic carbocycles. The third-order valence-corrected chi connectivity index (χ3v) is 2.90. The fourth-order valence-corrected chi connectivity index (χ4v) is 1.99. The Morgan fingerprint density at radius 3 is 3.07 bits per heavy atom. The van der Waals surface area contributed by atoms with Crippen molar-refractivity contribution in [2.75, 3.05) is 20.1 Å². The standard InChI is InChI=1S/C11H23N3O/c1-12-11(15)14-9-5-7-10-6-3-2-4-8-13-10/h10,13H,2-9H2,1H3,(H2,12,14,15). The summed E-state index contributed by atoms with van der Waals surface area (Å²) in [7, 11) is 1.64. The molecule has 0 saturated carbocycles. The van der Waals surface area contributed by atoms with Crippen LogP contribution >= 0.6 is 0 Å². The highest BCUT2D eigenvalue weighted by atomic mass is 16.2. The first kappa shape index (κ1) is 12.3. The van der Waals surface area contributed by atoms with Gasteiger partial charge < -0.3 is 16.0 Å². The van der Waals surface area contributed by atoms with Gasteiger partial charge in [-0.15, -0.1) is 0 Å². The summed E-state index contributed by atoms with van der Waals surface area (Å²) >= 11 is 0. The highest BCUT2D eigenvalue weighted by Crippen LogP contribution is 2.11. The SMILES string of the molecule is CNC(=O)NCCCC1CCCCCN1. The minimum atomic E-state index is -0.0798. The molecule has 88 valence electrons. The van der Waals surface area contributed by atoms with Crippen molar-refractivity contribution in [1.82, 2.24) is 16.0 Å². The van der Waals surface area contributed by atoms with E-state index in [1.54, 1.807) is 7.05 Å². The molecule has 0 aliphatic carbocycles. The lowest BCUT2D eigenvalue weighted by atomic mass is 10.1. The van der Waals surface area contributed by atoms with E-state index in [-0.39, 0.29) is 6.03 Å². The van der Waals surface area contributed by atoms with Crippen LogP contribution in [0.5, 0.6) is 0 Å². The van der Waals surface area contributed by atoms with E-state index in [9.17, 15) is 4.79 Å². The van der Waals surface area contributed by atoms with Crippen LogP contribution in [0.2, 0.25) is 0 Å². The molecule has 1 heterocycles. The van der Waals surface area contributed by atoms with Crippen LogP contribution in [0.15, 0.2) is 0 Å². The van der Waals surface area contributed by atoms with Gasteiger partial charge in [-0.05, 0) is 32.2 Å². The van der Waals surface area contributed by atoms with E-state index in [2.05, 4.69) is 16.0 Å². The topological polar surface area (TPSA) is 53.2 Å². The molecule has 1 rings (SSSR count). The summed E-state index contributed by atoms with van der Waals surface area (Å²) < 4.78 is 0. The molecule has 0 bridgehead atoms. The van der Waals surface area contributed by atoms with E-state index in [0.717, 1.165) is 19.5 Å². The maximum atomic E-state index is 10.9. The predicted octanol–water partition coefficient (Wildman–Crippen LogP) is 1.23. The Bertz CT molecular complexity index is 177. The molecule has 15 heavy (non-hydrogen) atoms. The highest BCUT2D eigenvalue weighted by Gasteiger charge is 2.10. The zero-order chi connectivity index (χ0) is 10.9. The highest BCUT2D eigenvalue weighted by molar-refractivity contribution is 5.73. The Balaban J connectivity index is 2.00. The first-order chi connectivity index (χ1) is 7.33. The van der Waals surface area contributed by atoms with Crippen LogP contribution in [0.1, 0.15) is 38.5 Å². The fourth-order valence-electron chi connectivity index (χ4n) is 1.99. The molecule has 1 unspecified atom stereocenters. The van der Waals surface area contributed by atoms with Gasteiger partial charge in [-0.3, -0.25) is 0 Å². The maximum Gasteiger partial charge on any atom is 0.314 e. The Labute approximate surface area is 92.2 Å². The van der Waals surface area contributed by atoms with E-state index < -0.39 is 0 Å². The van der Waals surface area contributed by atoms with Crippen molar-refractivity contribution in [3.8, 4) is 0 Å². The second-order valence-corrected chi connectivity index (χ2v) is 4.15. The minimum absolute atomic E-state index is 0.0798. The van der Waals surface area contributed by atoms with Gasteiger partial charge in [-0.25, -0.2) is 4.79 Å². The summed E-state index contributed by atoms with van der Waals surface area (Å²) in [6.07, 6.45) is 7.54. The third kappa shape index (κ3) is 5.62. The molecular formula is C11H23N3O. The molecule has 1 aliphatic heterocycles. The van der Waals surface area contributed by atoms with Crippen molar-refractivity contribution < 1.29 is 4.79 Å². The van der Waals surface area contributed by atoms with Crippen molar-refractivity contribution in [2.45, 2.75) is 44.6 Å². The predicted molar refractivity (Wildman–Crippen MR) is 62.0 cm³/mol. The maximum absolute atomic E-state index is 10.9. The van der Waals surface area contributed by atoms with Gasteiger partial charge in [0, 0.05) is 19.6 Å². The third-order valence-electron chi connectivity index (χ3n) is 2.90. The smallest absolute Gasteiger partial charge is 0.314 e. The molecule has 0 spiro atoms. The molecule has 0 aromatic rings. The van der Waals surface area contributed by atoms with Crippen LogP contribution in [-0.4, -0.2) is 32.2 Å². The van der Waals surface area contributed by atoms with E-state index in [0.29, 0.717) is 6.04 Å². The molecular weight excluding hydrogens is 190 g/mol. The second kappa shape index (κ2) is 7.51. The van der Waals surface area contributed by atoms with Crippen molar-refractivity contribution in [3.05, 3.63) is 0 Å². The van der Waals surface area contributed by atoms with Gasteiger partial charge >= 0.3 is 6.03 Å². The van der Waals surface area contributed by atoms with Crippen LogP contribution in [-0.2, 0) is 0 Å². The minimum Gasteiger partial charge on any atom is -0.341 e. The Morgan fingerprint density at radius 1 is 1.40 bits per heavy atom. The van der Waals surface area contributed by atoms with E-state index in [1.165, 1.54) is 32.1 Å². The van der Waals surface area contributed by atoms with Crippen LogP contribution in [0.3, 0.4) is 0 Å². The van der Waals surface area contributed by atoms with Gasteiger partial charge in [0.1, 0.15) is 0 Å². The number of urea groups is 1. The monoisotopic (exact) mass is 213 g/mol. The van der Waals surface area contributed by atoms with E-state index >= 15 is 0 Å². The van der Waals surface area contributed by atoms with Crippen molar-refractivity contribution in [1.29, 1.82) is 0 Å². The number of carbonyl (C=O) groups is 1. The summed E-state index contributed by atoms with van der Waals surface area (Å²) in [5.74, 6) is 0. The number of hydrogen-bond donors (Lipinski definition) is 3. The average molecular weight is 213 g/mol. The van der Waals surface area contributed by atoms with Crippen LogP contribution < -0.4 is 16.0 Å². The van der Waals surface area contributed by atoms with E-state index in [1.807, 2.05) is 0 Å². The molecule has 0 radical (unpaired) electrons. The average Bonchev–Trinajstić information content (AvgIpc) is 2.52. The van der Waals surface area contributed by atoms with Crippen molar-refractivity contribution in [3.63, 3.8) is 0 Å². The number of amides is 2. The molecule has 1 saturated heterocycles. The zero-order valence-corrected chi connectivity index (χ0v) is 9.64. The molecule has 3 N–H and O–H groups in total. The lowest BCUT2D eigenvalue weighted by Crippen LogP contribution is -2.34. The van der Waals surface area contributed by atoms with E-state index in [4.69, 9.17) is 0 Å². The summed E-state index contributed by atoms with van der Waals surface area (Å²) in [5, 5.41) is 8.91. The molecule has 4 nitrogen and oxygen atoms in total. The van der Waals surface area contributed by atoms with Crippen LogP contribution in [0.4, 0.5) is 4.79 Å². The van der Waals surface area contributed by atoms with Crippen LogP contribution in [0, 0.1) is 0 Å². The largest absolute Gasteiger partial charge is 0.341 e. The zero-order valence-electron chi connectivity index (χ0n) is 9.64. The quantitative estimate of drug-likeness (QED) is 0.615. The van der Waals surface area contributed by atoms with Gasteiger partial charge in [0.25, 0.3) is 0 Å². The van der Waals surface area contributed by atoms with Gasteiger partial charge in [0.05, 0.1) is 0 Å². The van der Waals surface area contributed by atoms with Crippen molar-refractivity contribution >= 4 is 6.03 Å². The lowest BCUT2D eigenvalue weighted by molar-refractivity contribution is 0.242. The first-order valence-corrected chi connectivity index (χ1v) is 6.02. The van der Waals surface area contributed by atoms with Gasteiger partial charge in [0.2, 0.25) is 0 Å². The van der Waals surface area contributed by atoms with Crippen LogP contribution in [0.25, 0.3) is 0 Å². The van der Waals surface area contributed by atoms with Gasteiger partial charge in [-0.1, -0.05) is 12.8 Å². The summed E-state index contributed by atoms with van der Waals surface area (Å²) in [6.45, 7) is 1.94. The van der Waals surface area contributed by atoms with Gasteiger partial charge in [0.15, 0.2) is 0 Å². The number of rotatable bonds is 4. The summed E-state index contributed by atoms with van der Waals surface area (Å²) in [4.78, 5) is 10.9. The van der Waals surface area contributed by atoms with Gasteiger partial charge in [-0.2, -0.15) is 0 Å². The normalized spacial score (nSPS) is 21.8. The summed E-state index contributed by atoms with van der Waals surface area (Å²) in [6, 6.07) is 0.586. The number of nitrogens with one attached hydrogen (secondary N) is 3. The molecule has 1 fully saturated rings. The molecule has 1 aliphatic rings. The Hall–Kier alpha value is -0.770. The molecule has 0 aromatic heterocycles. The first-order valence-electron chi connectivity index (χ1n) is 6.02. The van der Waals surface area contributed by atoms with Crippen molar-refractivity contribution in [2.24, 2.45) is 0 Å². The molecule has 4 heteroatoms. The number of carbonyl (C=O) groups excluding carboxylic acids is 1. The molecule has 2 amide bonds. The lowest BCUT2D eigenvalue weighted by Gasteiger charge is -2.15. The fraction of sp³-hybridized carbons (Fsp3) is 0.909. The molecule has 1 atom stereocenters. The summed E-state index contributed by atoms with van der Waals surface area (Å²) in [5.41, 5.74) is 0. The number of hydrogen-bond acceptors (Lipinski definition) is 2.